The summed E-state index contributed by atoms with van der Waals surface area (Å²) in [6, 6.07) is 6.89. The van der Waals surface area contributed by atoms with Crippen LogP contribution in [0.15, 0.2) is 36.7 Å². The minimum absolute atomic E-state index is 0.224. The number of hydrogen-bond donors (Lipinski definition) is 2. The van der Waals surface area contributed by atoms with Gasteiger partial charge in [-0.05, 0) is 18.2 Å². The van der Waals surface area contributed by atoms with Gasteiger partial charge >= 0.3 is 0 Å². The summed E-state index contributed by atoms with van der Waals surface area (Å²) in [6.07, 6.45) is 3.08. The van der Waals surface area contributed by atoms with Gasteiger partial charge in [0.15, 0.2) is 0 Å². The van der Waals surface area contributed by atoms with E-state index in [-0.39, 0.29) is 5.91 Å². The smallest absolute Gasteiger partial charge is 0.253 e. The van der Waals surface area contributed by atoms with Crippen LogP contribution in [0.5, 0.6) is 0 Å². The molecule has 22 heavy (non-hydrogen) atoms. The van der Waals surface area contributed by atoms with E-state index < -0.39 is 0 Å². The Balaban J connectivity index is 2.13. The largest absolute Gasteiger partial charge is 0.383 e. The van der Waals surface area contributed by atoms with Crippen molar-refractivity contribution in [2.24, 2.45) is 0 Å². The first-order chi connectivity index (χ1) is 10.6. The van der Waals surface area contributed by atoms with E-state index in [9.17, 15) is 4.79 Å². The average molecular weight is 340 g/mol. The molecule has 0 aliphatic heterocycles. The number of carbonyl (C=O) groups is 1. The Bertz CT molecular complexity index is 645. The zero-order valence-electron chi connectivity index (χ0n) is 11.9. The minimum atomic E-state index is -0.224. The van der Waals surface area contributed by atoms with Crippen LogP contribution in [-0.2, 0) is 4.74 Å². The van der Waals surface area contributed by atoms with Crippen molar-refractivity contribution in [1.29, 1.82) is 0 Å². The molecule has 0 saturated heterocycles. The number of aromatic nitrogens is 1. The SMILES string of the molecule is COCCNC(=O)c1cncc(Nc2c(Cl)cccc2Cl)c1. The summed E-state index contributed by atoms with van der Waals surface area (Å²) in [5.74, 6) is -0.224. The summed E-state index contributed by atoms with van der Waals surface area (Å²) in [4.78, 5) is 16.0. The van der Waals surface area contributed by atoms with Gasteiger partial charge in [-0.15, -0.1) is 0 Å². The molecule has 0 bridgehead atoms. The molecule has 0 unspecified atom stereocenters. The predicted octanol–water partition coefficient (Wildman–Crippen LogP) is 3.51. The molecule has 1 aromatic heterocycles. The summed E-state index contributed by atoms with van der Waals surface area (Å²) in [7, 11) is 1.57. The quantitative estimate of drug-likeness (QED) is 0.790. The molecule has 0 radical (unpaired) electrons. The average Bonchev–Trinajstić information content (AvgIpc) is 2.51. The van der Waals surface area contributed by atoms with Gasteiger partial charge in [-0.1, -0.05) is 29.3 Å². The van der Waals surface area contributed by atoms with Crippen molar-refractivity contribution in [3.8, 4) is 0 Å². The highest BCUT2D eigenvalue weighted by molar-refractivity contribution is 6.39. The molecular weight excluding hydrogens is 325 g/mol. The molecule has 0 atom stereocenters. The Kier molecular flexibility index (Phi) is 6.00. The number of para-hydroxylation sites is 1. The molecule has 1 heterocycles. The van der Waals surface area contributed by atoms with Crippen molar-refractivity contribution < 1.29 is 9.53 Å². The van der Waals surface area contributed by atoms with Crippen molar-refractivity contribution >= 4 is 40.5 Å². The fourth-order valence-electron chi connectivity index (χ4n) is 1.76. The molecular formula is C15H15Cl2N3O2. The van der Waals surface area contributed by atoms with Crippen LogP contribution < -0.4 is 10.6 Å². The van der Waals surface area contributed by atoms with Crippen LogP contribution in [0.2, 0.25) is 10.0 Å². The Labute approximate surface area is 138 Å². The highest BCUT2D eigenvalue weighted by Crippen LogP contribution is 2.32. The molecule has 0 aliphatic rings. The number of pyridine rings is 1. The van der Waals surface area contributed by atoms with Crippen LogP contribution in [0, 0.1) is 0 Å². The number of methoxy groups -OCH3 is 1. The van der Waals surface area contributed by atoms with Gasteiger partial charge in [0.1, 0.15) is 0 Å². The van der Waals surface area contributed by atoms with Crippen LogP contribution in [0.4, 0.5) is 11.4 Å². The van der Waals surface area contributed by atoms with Crippen LogP contribution in [0.1, 0.15) is 10.4 Å². The fourth-order valence-corrected chi connectivity index (χ4v) is 2.25. The lowest BCUT2D eigenvalue weighted by molar-refractivity contribution is 0.0937. The third-order valence-electron chi connectivity index (χ3n) is 2.82. The van der Waals surface area contributed by atoms with E-state index in [1.165, 1.54) is 6.20 Å². The topological polar surface area (TPSA) is 63.2 Å². The summed E-state index contributed by atoms with van der Waals surface area (Å²) < 4.78 is 4.89. The highest BCUT2D eigenvalue weighted by atomic mass is 35.5. The van der Waals surface area contributed by atoms with Crippen LogP contribution >= 0.6 is 23.2 Å². The summed E-state index contributed by atoms with van der Waals surface area (Å²) in [6.45, 7) is 0.885. The number of halogens is 2. The van der Waals surface area contributed by atoms with Gasteiger partial charge in [-0.3, -0.25) is 9.78 Å². The maximum atomic E-state index is 12.0. The number of hydrogen-bond acceptors (Lipinski definition) is 4. The van der Waals surface area contributed by atoms with Crippen molar-refractivity contribution in [1.82, 2.24) is 10.3 Å². The molecule has 116 valence electrons. The van der Waals surface area contributed by atoms with E-state index in [0.717, 1.165) is 0 Å². The van der Waals surface area contributed by atoms with Gasteiger partial charge in [-0.25, -0.2) is 0 Å². The molecule has 0 aliphatic carbocycles. The zero-order valence-corrected chi connectivity index (χ0v) is 13.4. The first-order valence-corrected chi connectivity index (χ1v) is 7.30. The second-order valence-corrected chi connectivity index (χ2v) is 5.25. The fraction of sp³-hybridized carbons (Fsp3) is 0.200. The number of carbonyl (C=O) groups excluding carboxylic acids is 1. The molecule has 2 N–H and O–H groups in total. The van der Waals surface area contributed by atoms with E-state index in [2.05, 4.69) is 15.6 Å². The number of benzene rings is 1. The van der Waals surface area contributed by atoms with Gasteiger partial charge in [0.05, 0.1) is 39.8 Å². The number of anilines is 2. The lowest BCUT2D eigenvalue weighted by Crippen LogP contribution is -2.27. The van der Waals surface area contributed by atoms with Crippen LogP contribution in [0.25, 0.3) is 0 Å². The monoisotopic (exact) mass is 339 g/mol. The van der Waals surface area contributed by atoms with Gasteiger partial charge in [-0.2, -0.15) is 0 Å². The molecule has 0 fully saturated rings. The second kappa shape index (κ2) is 7.98. The number of nitrogens with zero attached hydrogens (tertiary/aromatic N) is 1. The number of nitrogens with one attached hydrogen (secondary N) is 2. The minimum Gasteiger partial charge on any atom is -0.383 e. The lowest BCUT2D eigenvalue weighted by Gasteiger charge is -2.11. The summed E-state index contributed by atoms with van der Waals surface area (Å²) in [5.41, 5.74) is 1.63. The second-order valence-electron chi connectivity index (χ2n) is 4.43. The van der Waals surface area contributed by atoms with Gasteiger partial charge in [0.2, 0.25) is 0 Å². The van der Waals surface area contributed by atoms with Gasteiger partial charge in [0, 0.05) is 19.9 Å². The third-order valence-corrected chi connectivity index (χ3v) is 3.45. The normalized spacial score (nSPS) is 10.3. The van der Waals surface area contributed by atoms with Crippen molar-refractivity contribution in [2.75, 3.05) is 25.6 Å². The Hall–Kier alpha value is -1.82. The Morgan fingerprint density at radius 2 is 2.00 bits per heavy atom. The zero-order chi connectivity index (χ0) is 15.9. The third kappa shape index (κ3) is 4.34. The molecule has 7 heteroatoms. The molecule has 1 aromatic carbocycles. The van der Waals surface area contributed by atoms with E-state index in [1.807, 2.05) is 0 Å². The maximum Gasteiger partial charge on any atom is 0.253 e. The van der Waals surface area contributed by atoms with Crippen molar-refractivity contribution in [2.45, 2.75) is 0 Å². The van der Waals surface area contributed by atoms with E-state index >= 15 is 0 Å². The predicted molar refractivity (Wildman–Crippen MR) is 88.2 cm³/mol. The summed E-state index contributed by atoms with van der Waals surface area (Å²) in [5, 5.41) is 6.78. The van der Waals surface area contributed by atoms with Crippen LogP contribution in [0.3, 0.4) is 0 Å². The van der Waals surface area contributed by atoms with E-state index in [1.54, 1.807) is 37.6 Å². The van der Waals surface area contributed by atoms with Crippen molar-refractivity contribution in [3.63, 3.8) is 0 Å². The maximum absolute atomic E-state index is 12.0. The van der Waals surface area contributed by atoms with E-state index in [0.29, 0.717) is 40.1 Å². The number of rotatable bonds is 6. The van der Waals surface area contributed by atoms with E-state index in [4.69, 9.17) is 27.9 Å². The number of amides is 1. The molecule has 0 saturated carbocycles. The Morgan fingerprint density at radius 3 is 2.68 bits per heavy atom. The highest BCUT2D eigenvalue weighted by Gasteiger charge is 2.09. The Morgan fingerprint density at radius 1 is 1.27 bits per heavy atom. The molecule has 2 aromatic rings. The standard InChI is InChI=1S/C15H15Cl2N3O2/c1-22-6-5-19-15(21)10-7-11(9-18-8-10)20-14-12(16)3-2-4-13(14)17/h2-4,7-9,20H,5-6H2,1H3,(H,19,21). The van der Waals surface area contributed by atoms with Gasteiger partial charge < -0.3 is 15.4 Å². The molecule has 1 amide bonds. The van der Waals surface area contributed by atoms with Crippen LogP contribution in [-0.4, -0.2) is 31.2 Å². The van der Waals surface area contributed by atoms with Gasteiger partial charge in [0.25, 0.3) is 5.91 Å². The first-order valence-electron chi connectivity index (χ1n) is 6.55. The molecule has 2 rings (SSSR count). The molecule has 5 nitrogen and oxygen atoms in total. The van der Waals surface area contributed by atoms with Crippen molar-refractivity contribution in [3.05, 3.63) is 52.3 Å². The first kappa shape index (κ1) is 16.5. The summed E-state index contributed by atoms with van der Waals surface area (Å²) >= 11 is 12.2. The molecule has 0 spiro atoms. The number of ether oxygens (including phenoxy) is 1. The lowest BCUT2D eigenvalue weighted by atomic mass is 10.2.